The third-order valence-electron chi connectivity index (χ3n) is 5.63. The summed E-state index contributed by atoms with van der Waals surface area (Å²) < 4.78 is 0. The number of benzene rings is 2. The second kappa shape index (κ2) is 15.8. The lowest BCUT2D eigenvalue weighted by atomic mass is 10.0. The molecule has 0 spiro atoms. The van der Waals surface area contributed by atoms with Crippen LogP contribution >= 0.6 is 0 Å². The molecule has 0 saturated carbocycles. The molecule has 0 unspecified atom stereocenters. The minimum atomic E-state index is -1.16. The molecule has 204 valence electrons. The standard InChI is InChI=1S/C28H36N4O6/c1-19(2)15-23(28(37)38)32-27(36)22(16-21-11-7-4-8-12-21)31-26(35)18-30-25(34)17-29-24(33)14-13-20-9-5-3-6-10-20/h3-12,19,22-23H,13-18H2,1-2H3,(H,29,33)(H,30,34)(H,31,35)(H,32,36)(H,37,38)/t22-,23-/m0/s1. The minimum absolute atomic E-state index is 0.0348. The van der Waals surface area contributed by atoms with E-state index in [1.54, 1.807) is 24.3 Å². The molecule has 0 aliphatic heterocycles. The lowest BCUT2D eigenvalue weighted by Gasteiger charge is -2.22. The fraction of sp³-hybridized carbons (Fsp3) is 0.393. The van der Waals surface area contributed by atoms with Crippen molar-refractivity contribution in [2.24, 2.45) is 5.92 Å². The molecule has 0 fully saturated rings. The Balaban J connectivity index is 1.86. The Kier molecular flexibility index (Phi) is 12.5. The van der Waals surface area contributed by atoms with Crippen LogP contribution in [0.4, 0.5) is 0 Å². The number of carboxylic acid groups (broad SMARTS) is 1. The first-order valence-electron chi connectivity index (χ1n) is 12.6. The van der Waals surface area contributed by atoms with Gasteiger partial charge in [-0.3, -0.25) is 19.2 Å². The lowest BCUT2D eigenvalue weighted by molar-refractivity contribution is -0.142. The molecule has 2 atom stereocenters. The predicted molar refractivity (Wildman–Crippen MR) is 142 cm³/mol. The fourth-order valence-corrected chi connectivity index (χ4v) is 3.68. The van der Waals surface area contributed by atoms with E-state index in [4.69, 9.17) is 0 Å². The third kappa shape index (κ3) is 11.7. The van der Waals surface area contributed by atoms with Crippen LogP contribution in [0.15, 0.2) is 60.7 Å². The van der Waals surface area contributed by atoms with Gasteiger partial charge in [0.1, 0.15) is 12.1 Å². The van der Waals surface area contributed by atoms with Gasteiger partial charge in [0.05, 0.1) is 13.1 Å². The second-order valence-electron chi connectivity index (χ2n) is 9.38. The van der Waals surface area contributed by atoms with Crippen LogP contribution in [0.1, 0.15) is 37.8 Å². The molecule has 4 amide bonds. The van der Waals surface area contributed by atoms with Crippen LogP contribution in [0.3, 0.4) is 0 Å². The maximum absolute atomic E-state index is 12.9. The zero-order chi connectivity index (χ0) is 27.9. The number of rotatable bonds is 15. The monoisotopic (exact) mass is 524 g/mol. The number of carbonyl (C=O) groups excluding carboxylic acids is 4. The smallest absolute Gasteiger partial charge is 0.326 e. The van der Waals surface area contributed by atoms with E-state index >= 15 is 0 Å². The molecular formula is C28H36N4O6. The molecule has 5 N–H and O–H groups in total. The van der Waals surface area contributed by atoms with E-state index < -0.39 is 42.3 Å². The summed E-state index contributed by atoms with van der Waals surface area (Å²) in [6.45, 7) is 3.00. The molecule has 2 aromatic rings. The summed E-state index contributed by atoms with van der Waals surface area (Å²) in [5.41, 5.74) is 1.78. The fourth-order valence-electron chi connectivity index (χ4n) is 3.68. The first kappa shape index (κ1) is 30.0. The van der Waals surface area contributed by atoms with E-state index in [9.17, 15) is 29.1 Å². The average Bonchev–Trinajstić information content (AvgIpc) is 2.89. The highest BCUT2D eigenvalue weighted by Gasteiger charge is 2.27. The second-order valence-corrected chi connectivity index (χ2v) is 9.38. The van der Waals surface area contributed by atoms with Gasteiger partial charge in [0, 0.05) is 12.8 Å². The number of nitrogens with one attached hydrogen (secondary N) is 4. The molecule has 0 radical (unpaired) electrons. The Hall–Kier alpha value is -4.21. The third-order valence-corrected chi connectivity index (χ3v) is 5.63. The van der Waals surface area contributed by atoms with Crippen LogP contribution in [0.2, 0.25) is 0 Å². The van der Waals surface area contributed by atoms with Gasteiger partial charge in [0.25, 0.3) is 0 Å². The molecule has 10 nitrogen and oxygen atoms in total. The molecule has 0 aromatic heterocycles. The van der Waals surface area contributed by atoms with Crippen molar-refractivity contribution >= 4 is 29.6 Å². The lowest BCUT2D eigenvalue weighted by Crippen LogP contribution is -2.54. The van der Waals surface area contributed by atoms with E-state index in [0.717, 1.165) is 11.1 Å². The quantitative estimate of drug-likeness (QED) is 0.236. The molecular weight excluding hydrogens is 488 g/mol. The van der Waals surface area contributed by atoms with Gasteiger partial charge in [-0.1, -0.05) is 74.5 Å². The molecule has 0 aliphatic carbocycles. The molecule has 38 heavy (non-hydrogen) atoms. The number of carboxylic acids is 1. The van der Waals surface area contributed by atoms with Crippen LogP contribution in [0, 0.1) is 5.92 Å². The summed E-state index contributed by atoms with van der Waals surface area (Å²) in [6, 6.07) is 16.3. The number of hydrogen-bond acceptors (Lipinski definition) is 5. The normalized spacial score (nSPS) is 12.2. The van der Waals surface area contributed by atoms with Gasteiger partial charge in [0.2, 0.25) is 23.6 Å². The Morgan fingerprint density at radius 3 is 1.84 bits per heavy atom. The Bertz CT molecular complexity index is 1080. The molecule has 2 aromatic carbocycles. The van der Waals surface area contributed by atoms with Gasteiger partial charge in [-0.2, -0.15) is 0 Å². The molecule has 0 aliphatic rings. The Morgan fingerprint density at radius 1 is 0.711 bits per heavy atom. The van der Waals surface area contributed by atoms with E-state index in [0.29, 0.717) is 6.42 Å². The molecule has 2 rings (SSSR count). The Morgan fingerprint density at radius 2 is 1.26 bits per heavy atom. The highest BCUT2D eigenvalue weighted by molar-refractivity contribution is 5.92. The highest BCUT2D eigenvalue weighted by atomic mass is 16.4. The number of aryl methyl sites for hydroxylation is 1. The van der Waals surface area contributed by atoms with Crippen molar-refractivity contribution in [1.29, 1.82) is 0 Å². The number of amides is 4. The molecule has 0 heterocycles. The summed E-state index contributed by atoms with van der Waals surface area (Å²) in [7, 11) is 0. The maximum atomic E-state index is 12.9. The summed E-state index contributed by atoms with van der Waals surface area (Å²) in [5.74, 6) is -3.22. The van der Waals surface area contributed by atoms with Gasteiger partial charge in [0.15, 0.2) is 0 Å². The zero-order valence-electron chi connectivity index (χ0n) is 21.7. The van der Waals surface area contributed by atoms with Crippen LogP contribution < -0.4 is 21.3 Å². The van der Waals surface area contributed by atoms with Crippen LogP contribution in [-0.4, -0.2) is 59.9 Å². The number of aliphatic carboxylic acids is 1. The zero-order valence-corrected chi connectivity index (χ0v) is 21.7. The van der Waals surface area contributed by atoms with Crippen molar-refractivity contribution in [2.75, 3.05) is 13.1 Å². The van der Waals surface area contributed by atoms with Crippen LogP contribution in [0.5, 0.6) is 0 Å². The van der Waals surface area contributed by atoms with Crippen molar-refractivity contribution in [3.05, 3.63) is 71.8 Å². The number of hydrogen-bond donors (Lipinski definition) is 5. The maximum Gasteiger partial charge on any atom is 0.326 e. The largest absolute Gasteiger partial charge is 0.480 e. The average molecular weight is 525 g/mol. The van der Waals surface area contributed by atoms with Crippen molar-refractivity contribution in [3.63, 3.8) is 0 Å². The van der Waals surface area contributed by atoms with Crippen LogP contribution in [0.25, 0.3) is 0 Å². The van der Waals surface area contributed by atoms with Crippen molar-refractivity contribution in [1.82, 2.24) is 21.3 Å². The van der Waals surface area contributed by atoms with Gasteiger partial charge in [-0.05, 0) is 29.9 Å². The van der Waals surface area contributed by atoms with Gasteiger partial charge < -0.3 is 26.4 Å². The number of carbonyl (C=O) groups is 5. The van der Waals surface area contributed by atoms with Crippen molar-refractivity contribution in [2.45, 2.75) is 51.6 Å². The first-order valence-corrected chi connectivity index (χ1v) is 12.6. The van der Waals surface area contributed by atoms with Crippen molar-refractivity contribution < 1.29 is 29.1 Å². The summed E-state index contributed by atoms with van der Waals surface area (Å²) in [5, 5.41) is 19.5. The summed E-state index contributed by atoms with van der Waals surface area (Å²) >= 11 is 0. The van der Waals surface area contributed by atoms with Gasteiger partial charge >= 0.3 is 5.97 Å². The minimum Gasteiger partial charge on any atom is -0.480 e. The first-order chi connectivity index (χ1) is 18.1. The molecule has 0 saturated heterocycles. The van der Waals surface area contributed by atoms with E-state index in [1.807, 2.05) is 50.2 Å². The summed E-state index contributed by atoms with van der Waals surface area (Å²) in [6.07, 6.45) is 1.14. The van der Waals surface area contributed by atoms with Crippen molar-refractivity contribution in [3.8, 4) is 0 Å². The predicted octanol–water partition coefficient (Wildman–Crippen LogP) is 1.19. The highest BCUT2D eigenvalue weighted by Crippen LogP contribution is 2.08. The molecule has 0 bridgehead atoms. The van der Waals surface area contributed by atoms with Crippen LogP contribution in [-0.2, 0) is 36.8 Å². The van der Waals surface area contributed by atoms with E-state index in [-0.39, 0.29) is 37.6 Å². The summed E-state index contributed by atoms with van der Waals surface area (Å²) in [4.78, 5) is 61.2. The van der Waals surface area contributed by atoms with E-state index in [2.05, 4.69) is 21.3 Å². The SMILES string of the molecule is CC(C)C[C@H](NC(=O)[C@H](Cc1ccccc1)NC(=O)CNC(=O)CNC(=O)CCc1ccccc1)C(=O)O. The Labute approximate surface area is 222 Å². The topological polar surface area (TPSA) is 154 Å². The van der Waals surface area contributed by atoms with Gasteiger partial charge in [-0.25, -0.2) is 4.79 Å². The van der Waals surface area contributed by atoms with E-state index in [1.165, 1.54) is 0 Å². The molecule has 10 heteroatoms. The van der Waals surface area contributed by atoms with Gasteiger partial charge in [-0.15, -0.1) is 0 Å².